The average molecular weight is 498 g/mol. The molecule has 8 heteroatoms. The molecule has 2 aromatic carbocycles. The lowest BCUT2D eigenvalue weighted by Gasteiger charge is -2.33. The van der Waals surface area contributed by atoms with Crippen LogP contribution in [0.15, 0.2) is 76.8 Å². The van der Waals surface area contributed by atoms with E-state index in [0.717, 1.165) is 34.4 Å². The van der Waals surface area contributed by atoms with Gasteiger partial charge in [-0.3, -0.25) is 4.79 Å². The summed E-state index contributed by atoms with van der Waals surface area (Å²) in [5.74, 6) is 1.22. The van der Waals surface area contributed by atoms with E-state index < -0.39 is 16.1 Å². The van der Waals surface area contributed by atoms with E-state index in [9.17, 15) is 13.2 Å². The maximum atomic E-state index is 13.4. The van der Waals surface area contributed by atoms with Crippen LogP contribution in [-0.2, 0) is 14.8 Å². The number of aromatic nitrogens is 1. The maximum absolute atomic E-state index is 13.4. The molecule has 6 nitrogen and oxygen atoms in total. The van der Waals surface area contributed by atoms with Gasteiger partial charge >= 0.3 is 0 Å². The lowest BCUT2D eigenvalue weighted by Crippen LogP contribution is -2.50. The summed E-state index contributed by atoms with van der Waals surface area (Å²) < 4.78 is 29.3. The number of carbonyl (C=O) groups excluding carboxylic acids is 1. The fourth-order valence-electron chi connectivity index (χ4n) is 4.17. The van der Waals surface area contributed by atoms with Gasteiger partial charge in [-0.05, 0) is 72.4 Å². The Morgan fingerprint density at radius 2 is 1.82 bits per heavy atom. The highest BCUT2D eigenvalue weighted by Gasteiger charge is 2.30. The van der Waals surface area contributed by atoms with Gasteiger partial charge in [-0.25, -0.2) is 13.4 Å². The molecule has 1 aliphatic heterocycles. The molecule has 2 heterocycles. The van der Waals surface area contributed by atoms with Crippen LogP contribution in [0.1, 0.15) is 32.6 Å². The Morgan fingerprint density at radius 3 is 2.56 bits per heavy atom. The number of nitrogens with zero attached hydrogens (tertiary/aromatic N) is 2. The zero-order valence-corrected chi connectivity index (χ0v) is 21.0. The minimum absolute atomic E-state index is 0.126. The summed E-state index contributed by atoms with van der Waals surface area (Å²) in [6.07, 6.45) is 4.79. The minimum atomic E-state index is -3.85. The van der Waals surface area contributed by atoms with E-state index in [4.69, 9.17) is 0 Å². The van der Waals surface area contributed by atoms with Crippen LogP contribution in [0.4, 0.5) is 0 Å². The molecule has 3 aromatic rings. The van der Waals surface area contributed by atoms with Crippen molar-refractivity contribution in [2.75, 3.05) is 18.8 Å². The molecule has 1 amide bonds. The molecule has 1 aliphatic rings. The highest BCUT2D eigenvalue weighted by molar-refractivity contribution is 7.99. The molecule has 1 unspecified atom stereocenters. The topological polar surface area (TPSA) is 79.4 Å². The molecular formula is C26H31N3O3S2. The van der Waals surface area contributed by atoms with Gasteiger partial charge in [-0.15, -0.1) is 11.8 Å². The van der Waals surface area contributed by atoms with Gasteiger partial charge in [0.05, 0.1) is 9.92 Å². The van der Waals surface area contributed by atoms with Crippen molar-refractivity contribution in [3.63, 3.8) is 0 Å². The smallest absolute Gasteiger partial charge is 0.241 e. The number of carbonyl (C=O) groups is 1. The SMILES string of the molecule is CC1CCN(C(=O)C(CCCSc2ccccn2)NS(=O)(=O)c2ccc3ccccc3c2)CC1. The molecule has 1 saturated heterocycles. The highest BCUT2D eigenvalue weighted by atomic mass is 32.2. The summed E-state index contributed by atoms with van der Waals surface area (Å²) >= 11 is 1.61. The standard InChI is InChI=1S/C26H31N3O3S2/c1-20-13-16-29(17-14-20)26(30)24(9-6-18-33-25-10-4-5-15-27-25)28-34(31,32)23-12-11-21-7-2-3-8-22(21)19-23/h2-5,7-8,10-12,15,19-20,24,28H,6,9,13-14,16-18H2,1H3. The summed E-state index contributed by atoms with van der Waals surface area (Å²) in [7, 11) is -3.85. The number of benzene rings is 2. The van der Waals surface area contributed by atoms with E-state index in [1.165, 1.54) is 0 Å². The number of sulfonamides is 1. The third-order valence-electron chi connectivity index (χ3n) is 6.25. The van der Waals surface area contributed by atoms with Crippen molar-refractivity contribution >= 4 is 38.5 Å². The number of hydrogen-bond donors (Lipinski definition) is 1. The number of piperidine rings is 1. The van der Waals surface area contributed by atoms with Crippen molar-refractivity contribution in [3.05, 3.63) is 66.9 Å². The summed E-state index contributed by atoms with van der Waals surface area (Å²) in [5.41, 5.74) is 0. The number of hydrogen-bond acceptors (Lipinski definition) is 5. The molecule has 4 rings (SSSR count). The van der Waals surface area contributed by atoms with Crippen molar-refractivity contribution in [1.82, 2.24) is 14.6 Å². The van der Waals surface area contributed by atoms with Gasteiger partial charge in [0.15, 0.2) is 0 Å². The van der Waals surface area contributed by atoms with Gasteiger partial charge in [0.1, 0.15) is 6.04 Å². The zero-order valence-electron chi connectivity index (χ0n) is 19.4. The number of nitrogens with one attached hydrogen (secondary N) is 1. The predicted octanol–water partition coefficient (Wildman–Crippen LogP) is 4.71. The monoisotopic (exact) mass is 497 g/mol. The molecule has 1 aromatic heterocycles. The minimum Gasteiger partial charge on any atom is -0.341 e. The Balaban J connectivity index is 1.47. The van der Waals surface area contributed by atoms with E-state index in [2.05, 4.69) is 16.6 Å². The number of likely N-dealkylation sites (tertiary alicyclic amines) is 1. The molecule has 0 bridgehead atoms. The summed E-state index contributed by atoms with van der Waals surface area (Å²) in [5, 5.41) is 2.75. The van der Waals surface area contributed by atoms with E-state index >= 15 is 0 Å². The normalized spacial score (nSPS) is 16.0. The number of thioether (sulfide) groups is 1. The van der Waals surface area contributed by atoms with Crippen LogP contribution in [0.25, 0.3) is 10.8 Å². The highest BCUT2D eigenvalue weighted by Crippen LogP contribution is 2.22. The Hall–Kier alpha value is -2.42. The first-order valence-electron chi connectivity index (χ1n) is 11.8. The molecule has 180 valence electrons. The van der Waals surface area contributed by atoms with Crippen molar-refractivity contribution < 1.29 is 13.2 Å². The molecule has 1 atom stereocenters. The molecule has 0 saturated carbocycles. The zero-order chi connectivity index (χ0) is 24.0. The summed E-state index contributed by atoms with van der Waals surface area (Å²) in [6.45, 7) is 3.55. The Morgan fingerprint density at radius 1 is 1.09 bits per heavy atom. The number of amides is 1. The number of rotatable bonds is 9. The first kappa shape index (κ1) is 24.7. The van der Waals surface area contributed by atoms with Crippen LogP contribution in [0, 0.1) is 5.92 Å². The third kappa shape index (κ3) is 6.37. The van der Waals surface area contributed by atoms with Gasteiger partial charge < -0.3 is 4.90 Å². The van der Waals surface area contributed by atoms with Gasteiger partial charge in [0, 0.05) is 19.3 Å². The second-order valence-corrected chi connectivity index (χ2v) is 11.7. The maximum Gasteiger partial charge on any atom is 0.241 e. The Labute approximate surface area is 206 Å². The van der Waals surface area contributed by atoms with Gasteiger partial charge in [-0.2, -0.15) is 4.72 Å². The number of pyridine rings is 1. The first-order chi connectivity index (χ1) is 16.4. The molecular weight excluding hydrogens is 466 g/mol. The van der Waals surface area contributed by atoms with Gasteiger partial charge in [0.25, 0.3) is 0 Å². The molecule has 0 spiro atoms. The first-order valence-corrected chi connectivity index (χ1v) is 14.2. The van der Waals surface area contributed by atoms with Crippen molar-refractivity contribution in [2.24, 2.45) is 5.92 Å². The largest absolute Gasteiger partial charge is 0.341 e. The van der Waals surface area contributed by atoms with Crippen LogP contribution in [0.2, 0.25) is 0 Å². The van der Waals surface area contributed by atoms with E-state index in [0.29, 0.717) is 31.8 Å². The second kappa shape index (κ2) is 11.3. The van der Waals surface area contributed by atoms with E-state index in [1.807, 2.05) is 47.4 Å². The van der Waals surface area contributed by atoms with Crippen LogP contribution in [-0.4, -0.2) is 49.1 Å². The van der Waals surface area contributed by atoms with E-state index in [-0.39, 0.29) is 10.8 Å². The predicted molar refractivity (Wildman–Crippen MR) is 137 cm³/mol. The van der Waals surface area contributed by atoms with Crippen molar-refractivity contribution in [1.29, 1.82) is 0 Å². The lowest BCUT2D eigenvalue weighted by atomic mass is 9.98. The molecule has 1 fully saturated rings. The molecule has 0 radical (unpaired) electrons. The van der Waals surface area contributed by atoms with Crippen LogP contribution in [0.5, 0.6) is 0 Å². The fraction of sp³-hybridized carbons (Fsp3) is 0.385. The van der Waals surface area contributed by atoms with Crippen LogP contribution >= 0.6 is 11.8 Å². The summed E-state index contributed by atoms with van der Waals surface area (Å²) in [4.78, 5) is 19.7. The quantitative estimate of drug-likeness (QED) is 0.342. The molecule has 34 heavy (non-hydrogen) atoms. The molecule has 0 aliphatic carbocycles. The fourth-order valence-corrected chi connectivity index (χ4v) is 6.26. The van der Waals surface area contributed by atoms with Crippen LogP contribution in [0.3, 0.4) is 0 Å². The van der Waals surface area contributed by atoms with Crippen molar-refractivity contribution in [2.45, 2.75) is 48.6 Å². The average Bonchev–Trinajstić information content (AvgIpc) is 2.86. The van der Waals surface area contributed by atoms with Crippen molar-refractivity contribution in [3.8, 4) is 0 Å². The van der Waals surface area contributed by atoms with Crippen LogP contribution < -0.4 is 4.72 Å². The van der Waals surface area contributed by atoms with E-state index in [1.54, 1.807) is 36.2 Å². The second-order valence-electron chi connectivity index (χ2n) is 8.85. The molecule has 1 N–H and O–H groups in total. The third-order valence-corrected chi connectivity index (χ3v) is 8.75. The Kier molecular flexibility index (Phi) is 8.24. The lowest BCUT2D eigenvalue weighted by molar-refractivity contribution is -0.134. The summed E-state index contributed by atoms with van der Waals surface area (Å²) in [6, 6.07) is 17.7. The van der Waals surface area contributed by atoms with Gasteiger partial charge in [0.2, 0.25) is 15.9 Å². The number of fused-ring (bicyclic) bond motifs is 1. The Bertz CT molecular complexity index is 1210. The van der Waals surface area contributed by atoms with Gasteiger partial charge in [-0.1, -0.05) is 43.3 Å².